The number of unbranched alkanes of at least 4 members (excludes halogenated alkanes) is 4. The summed E-state index contributed by atoms with van der Waals surface area (Å²) < 4.78 is 6.81. The van der Waals surface area contributed by atoms with Gasteiger partial charge in [0.2, 0.25) is 0 Å². The third kappa shape index (κ3) is 8.90. The molecule has 0 atom stereocenters. The first-order valence-electron chi connectivity index (χ1n) is 8.21. The number of carbonyl (C=O) groups is 1. The zero-order valence-electron chi connectivity index (χ0n) is 14.4. The molecule has 0 unspecified atom stereocenters. The molecule has 0 aliphatic heterocycles. The third-order valence-corrected chi connectivity index (χ3v) is 3.25. The summed E-state index contributed by atoms with van der Waals surface area (Å²) in [5.41, 5.74) is 5.81. The molecule has 0 aliphatic rings. The normalized spacial score (nSPS) is 11.3. The minimum absolute atomic E-state index is 0.0132. The maximum Gasteiger partial charge on any atom is 0.407 e. The van der Waals surface area contributed by atoms with Gasteiger partial charge in [0.1, 0.15) is 5.60 Å². The fraction of sp³-hybridized carbons (Fsp3) is 0.647. The number of ether oxygens (including phenoxy) is 1. The van der Waals surface area contributed by atoms with E-state index in [9.17, 15) is 9.59 Å². The van der Waals surface area contributed by atoms with Crippen molar-refractivity contribution in [3.8, 4) is 0 Å². The second-order valence-corrected chi connectivity index (χ2v) is 6.69. The van der Waals surface area contributed by atoms with Crippen molar-refractivity contribution in [3.05, 3.63) is 28.7 Å². The first-order valence-corrected chi connectivity index (χ1v) is 8.21. The molecule has 0 saturated carbocycles. The molecule has 0 aromatic carbocycles. The highest BCUT2D eigenvalue weighted by atomic mass is 16.6. The van der Waals surface area contributed by atoms with Crippen molar-refractivity contribution in [2.75, 3.05) is 12.3 Å². The van der Waals surface area contributed by atoms with Crippen LogP contribution in [0.25, 0.3) is 0 Å². The van der Waals surface area contributed by atoms with Crippen molar-refractivity contribution in [2.24, 2.45) is 0 Å². The molecular weight excluding hydrogens is 294 g/mol. The Morgan fingerprint density at radius 3 is 2.52 bits per heavy atom. The number of anilines is 1. The molecule has 0 aliphatic carbocycles. The Kier molecular flexibility index (Phi) is 7.65. The topological polar surface area (TPSA) is 86.3 Å². The Morgan fingerprint density at radius 1 is 1.17 bits per heavy atom. The third-order valence-electron chi connectivity index (χ3n) is 3.25. The predicted octanol–water partition coefficient (Wildman–Crippen LogP) is 2.91. The molecule has 6 nitrogen and oxygen atoms in total. The van der Waals surface area contributed by atoms with Crippen molar-refractivity contribution in [1.29, 1.82) is 0 Å². The van der Waals surface area contributed by atoms with E-state index in [1.165, 1.54) is 6.07 Å². The Balaban J connectivity index is 2.05. The van der Waals surface area contributed by atoms with Gasteiger partial charge < -0.3 is 20.4 Å². The highest BCUT2D eigenvalue weighted by Crippen LogP contribution is 2.07. The lowest BCUT2D eigenvalue weighted by Gasteiger charge is -2.19. The number of carbonyl (C=O) groups excluding carboxylic acids is 1. The number of nitrogens with two attached hydrogens (primary N) is 1. The molecule has 23 heavy (non-hydrogen) atoms. The molecule has 0 bridgehead atoms. The van der Waals surface area contributed by atoms with Gasteiger partial charge in [-0.3, -0.25) is 4.79 Å². The SMILES string of the molecule is CC(C)(C)OC(=O)NCCCCCCCn1cc(N)ccc1=O. The van der Waals surface area contributed by atoms with Gasteiger partial charge in [0.15, 0.2) is 0 Å². The van der Waals surface area contributed by atoms with Crippen molar-refractivity contribution in [3.63, 3.8) is 0 Å². The lowest BCUT2D eigenvalue weighted by molar-refractivity contribution is 0.0527. The summed E-state index contributed by atoms with van der Waals surface area (Å²) in [7, 11) is 0. The second-order valence-electron chi connectivity index (χ2n) is 6.69. The summed E-state index contributed by atoms with van der Waals surface area (Å²) >= 11 is 0. The molecule has 1 amide bonds. The molecule has 0 saturated heterocycles. The lowest BCUT2D eigenvalue weighted by atomic mass is 10.1. The van der Waals surface area contributed by atoms with Crippen LogP contribution in [0.3, 0.4) is 0 Å². The minimum atomic E-state index is -0.455. The van der Waals surface area contributed by atoms with Gasteiger partial charge in [0.05, 0.1) is 0 Å². The van der Waals surface area contributed by atoms with E-state index in [1.54, 1.807) is 16.8 Å². The Bertz CT molecular complexity index is 547. The summed E-state index contributed by atoms with van der Waals surface area (Å²) in [4.78, 5) is 23.0. The first kappa shape index (κ1) is 19.1. The minimum Gasteiger partial charge on any atom is -0.444 e. The molecular formula is C17H29N3O3. The number of hydrogen-bond acceptors (Lipinski definition) is 4. The number of aryl methyl sites for hydroxylation is 1. The molecule has 1 heterocycles. The standard InChI is InChI=1S/C17H29N3O3/c1-17(2,3)23-16(22)19-11-7-5-4-6-8-12-20-13-14(18)9-10-15(20)21/h9-10,13H,4-8,11-12,18H2,1-3H3,(H,19,22). The quantitative estimate of drug-likeness (QED) is 0.720. The summed E-state index contributed by atoms with van der Waals surface area (Å²) in [6, 6.07) is 3.12. The van der Waals surface area contributed by atoms with Crippen molar-refractivity contribution < 1.29 is 9.53 Å². The number of pyridine rings is 1. The van der Waals surface area contributed by atoms with Crippen LogP contribution in [0.2, 0.25) is 0 Å². The summed E-state index contributed by atoms with van der Waals surface area (Å²) in [5.74, 6) is 0. The zero-order valence-corrected chi connectivity index (χ0v) is 14.4. The van der Waals surface area contributed by atoms with Gasteiger partial charge in [0, 0.05) is 31.0 Å². The van der Waals surface area contributed by atoms with Gasteiger partial charge in [-0.1, -0.05) is 19.3 Å². The maximum absolute atomic E-state index is 11.6. The van der Waals surface area contributed by atoms with Crippen LogP contribution in [-0.2, 0) is 11.3 Å². The van der Waals surface area contributed by atoms with E-state index in [1.807, 2.05) is 20.8 Å². The van der Waals surface area contributed by atoms with Crippen molar-refractivity contribution >= 4 is 11.8 Å². The number of hydrogen-bond donors (Lipinski definition) is 2. The van der Waals surface area contributed by atoms with Crippen LogP contribution in [-0.4, -0.2) is 22.8 Å². The van der Waals surface area contributed by atoms with Crippen LogP contribution in [0.5, 0.6) is 0 Å². The average Bonchev–Trinajstić information content (AvgIpc) is 2.43. The molecule has 1 aromatic rings. The molecule has 1 rings (SSSR count). The fourth-order valence-electron chi connectivity index (χ4n) is 2.17. The number of nitrogen functional groups attached to an aromatic ring is 1. The van der Waals surface area contributed by atoms with Crippen LogP contribution < -0.4 is 16.6 Å². The van der Waals surface area contributed by atoms with Crippen LogP contribution in [0, 0.1) is 0 Å². The van der Waals surface area contributed by atoms with Crippen LogP contribution >= 0.6 is 0 Å². The number of rotatable bonds is 8. The second kappa shape index (κ2) is 9.22. The van der Waals surface area contributed by atoms with Crippen molar-refractivity contribution in [1.82, 2.24) is 9.88 Å². The van der Waals surface area contributed by atoms with Gasteiger partial charge in [0.25, 0.3) is 5.56 Å². The molecule has 1 aromatic heterocycles. The molecule has 6 heteroatoms. The Labute approximate surface area is 138 Å². The van der Waals surface area contributed by atoms with Crippen molar-refractivity contribution in [2.45, 2.75) is 65.0 Å². The van der Waals surface area contributed by atoms with E-state index < -0.39 is 5.60 Å². The number of aromatic nitrogens is 1. The largest absolute Gasteiger partial charge is 0.444 e. The Morgan fingerprint density at radius 2 is 1.83 bits per heavy atom. The van der Waals surface area contributed by atoms with Crippen LogP contribution in [0.15, 0.2) is 23.1 Å². The highest BCUT2D eigenvalue weighted by molar-refractivity contribution is 5.67. The fourth-order valence-corrected chi connectivity index (χ4v) is 2.17. The van der Waals surface area contributed by atoms with Gasteiger partial charge in [-0.2, -0.15) is 0 Å². The van der Waals surface area contributed by atoms with Gasteiger partial charge >= 0.3 is 6.09 Å². The molecule has 0 spiro atoms. The van der Waals surface area contributed by atoms with E-state index in [0.29, 0.717) is 18.8 Å². The number of alkyl carbamates (subject to hydrolysis) is 1. The highest BCUT2D eigenvalue weighted by Gasteiger charge is 2.15. The van der Waals surface area contributed by atoms with Gasteiger partial charge in [-0.15, -0.1) is 0 Å². The molecule has 130 valence electrons. The lowest BCUT2D eigenvalue weighted by Crippen LogP contribution is -2.32. The number of amides is 1. The predicted molar refractivity (Wildman–Crippen MR) is 92.4 cm³/mol. The molecule has 0 radical (unpaired) electrons. The van der Waals surface area contributed by atoms with Gasteiger partial charge in [-0.05, 0) is 39.7 Å². The van der Waals surface area contributed by atoms with E-state index >= 15 is 0 Å². The number of nitrogens with zero attached hydrogens (tertiary/aromatic N) is 1. The molecule has 3 N–H and O–H groups in total. The zero-order chi connectivity index (χ0) is 17.3. The Hall–Kier alpha value is -1.98. The first-order chi connectivity index (χ1) is 10.8. The summed E-state index contributed by atoms with van der Waals surface area (Å²) in [5, 5.41) is 2.75. The maximum atomic E-state index is 11.6. The van der Waals surface area contributed by atoms with Gasteiger partial charge in [-0.25, -0.2) is 4.79 Å². The summed E-state index contributed by atoms with van der Waals surface area (Å²) in [6.45, 7) is 6.86. The van der Waals surface area contributed by atoms with E-state index in [0.717, 1.165) is 32.1 Å². The smallest absolute Gasteiger partial charge is 0.407 e. The monoisotopic (exact) mass is 323 g/mol. The average molecular weight is 323 g/mol. The molecule has 0 fully saturated rings. The van der Waals surface area contributed by atoms with E-state index in [2.05, 4.69) is 5.32 Å². The summed E-state index contributed by atoms with van der Waals surface area (Å²) in [6.07, 6.45) is 6.37. The van der Waals surface area contributed by atoms with E-state index in [4.69, 9.17) is 10.5 Å². The van der Waals surface area contributed by atoms with Crippen LogP contribution in [0.4, 0.5) is 10.5 Å². The number of nitrogens with one attached hydrogen (secondary N) is 1. The van der Waals surface area contributed by atoms with Crippen LogP contribution in [0.1, 0.15) is 52.9 Å². The van der Waals surface area contributed by atoms with E-state index in [-0.39, 0.29) is 11.7 Å².